The monoisotopic (exact) mass is 240 g/mol. The number of amides is 1. The first-order valence-corrected chi connectivity index (χ1v) is 5.96. The predicted octanol–water partition coefficient (Wildman–Crippen LogP) is 0.554. The van der Waals surface area contributed by atoms with Gasteiger partial charge in [-0.15, -0.1) is 0 Å². The molecule has 6 heteroatoms. The average molecular weight is 240 g/mol. The van der Waals surface area contributed by atoms with Crippen molar-refractivity contribution in [2.75, 3.05) is 6.54 Å². The van der Waals surface area contributed by atoms with E-state index in [0.29, 0.717) is 24.7 Å². The van der Waals surface area contributed by atoms with Gasteiger partial charge in [-0.1, -0.05) is 24.9 Å². The Bertz CT molecular complexity index is 351. The number of nitrogens with two attached hydrogens (primary N) is 1. The van der Waals surface area contributed by atoms with Gasteiger partial charge in [0.05, 0.1) is 6.04 Å². The van der Waals surface area contributed by atoms with Gasteiger partial charge < -0.3 is 15.6 Å². The first kappa shape index (κ1) is 13.6. The van der Waals surface area contributed by atoms with E-state index in [9.17, 15) is 4.79 Å². The number of hydrogen-bond acceptors (Lipinski definition) is 5. The maximum Gasteiger partial charge on any atom is 0.236 e. The van der Waals surface area contributed by atoms with E-state index in [2.05, 4.69) is 22.4 Å². The van der Waals surface area contributed by atoms with Crippen molar-refractivity contribution in [1.82, 2.24) is 15.5 Å². The zero-order valence-electron chi connectivity index (χ0n) is 10.4. The van der Waals surface area contributed by atoms with Gasteiger partial charge in [0.15, 0.2) is 5.82 Å². The Kier molecular flexibility index (Phi) is 5.62. The molecule has 0 aromatic carbocycles. The minimum Gasteiger partial charge on any atom is -0.354 e. The lowest BCUT2D eigenvalue weighted by Crippen LogP contribution is -2.41. The second-order valence-corrected chi connectivity index (χ2v) is 4.02. The van der Waals surface area contributed by atoms with Gasteiger partial charge in [0.2, 0.25) is 11.8 Å². The van der Waals surface area contributed by atoms with Crippen LogP contribution in [0.5, 0.6) is 0 Å². The Labute approximate surface area is 101 Å². The molecule has 1 heterocycles. The van der Waals surface area contributed by atoms with Gasteiger partial charge >= 0.3 is 0 Å². The van der Waals surface area contributed by atoms with Crippen LogP contribution in [0.15, 0.2) is 4.52 Å². The second kappa shape index (κ2) is 7.01. The van der Waals surface area contributed by atoms with E-state index in [-0.39, 0.29) is 5.91 Å². The molecule has 0 bridgehead atoms. The highest BCUT2D eigenvalue weighted by atomic mass is 16.5. The summed E-state index contributed by atoms with van der Waals surface area (Å²) in [4.78, 5) is 15.6. The first-order valence-electron chi connectivity index (χ1n) is 5.96. The fourth-order valence-electron chi connectivity index (χ4n) is 1.43. The van der Waals surface area contributed by atoms with E-state index < -0.39 is 6.04 Å². The second-order valence-electron chi connectivity index (χ2n) is 4.02. The lowest BCUT2D eigenvalue weighted by molar-refractivity contribution is -0.122. The number of hydrogen-bond donors (Lipinski definition) is 2. The summed E-state index contributed by atoms with van der Waals surface area (Å²) in [6.07, 6.45) is 3.30. The Morgan fingerprint density at radius 3 is 2.94 bits per heavy atom. The number of unbranched alkanes of at least 4 members (excludes halogenated alkanes) is 1. The first-order chi connectivity index (χ1) is 8.13. The standard InChI is InChI=1S/C11H20N4O2/c1-3-4-5-9(12)11(16)13-7-6-10-14-8(2)17-15-10/h9H,3-7,12H2,1-2H3,(H,13,16)/t9-/m0/s1. The van der Waals surface area contributed by atoms with Crippen molar-refractivity contribution in [3.63, 3.8) is 0 Å². The zero-order chi connectivity index (χ0) is 12.7. The molecule has 1 rings (SSSR count). The van der Waals surface area contributed by atoms with Crippen LogP contribution in [0, 0.1) is 6.92 Å². The van der Waals surface area contributed by atoms with Gasteiger partial charge in [-0.05, 0) is 6.42 Å². The summed E-state index contributed by atoms with van der Waals surface area (Å²) in [6.45, 7) is 4.29. The Morgan fingerprint density at radius 2 is 2.35 bits per heavy atom. The van der Waals surface area contributed by atoms with Crippen LogP contribution in [0.1, 0.15) is 37.9 Å². The Morgan fingerprint density at radius 1 is 1.59 bits per heavy atom. The molecule has 6 nitrogen and oxygen atoms in total. The van der Waals surface area contributed by atoms with Crippen LogP contribution in [0.25, 0.3) is 0 Å². The van der Waals surface area contributed by atoms with Crippen molar-refractivity contribution in [2.45, 2.75) is 45.6 Å². The molecule has 0 unspecified atom stereocenters. The molecular formula is C11H20N4O2. The van der Waals surface area contributed by atoms with Crippen LogP contribution in [-0.4, -0.2) is 28.6 Å². The molecule has 0 spiro atoms. The van der Waals surface area contributed by atoms with Crippen molar-refractivity contribution in [3.05, 3.63) is 11.7 Å². The van der Waals surface area contributed by atoms with E-state index in [1.165, 1.54) is 0 Å². The normalized spacial score (nSPS) is 12.4. The van der Waals surface area contributed by atoms with Crippen LogP contribution >= 0.6 is 0 Å². The maximum absolute atomic E-state index is 11.5. The molecule has 17 heavy (non-hydrogen) atoms. The third-order valence-corrected chi connectivity index (χ3v) is 2.42. The highest BCUT2D eigenvalue weighted by Gasteiger charge is 2.12. The summed E-state index contributed by atoms with van der Waals surface area (Å²) in [5.41, 5.74) is 5.73. The van der Waals surface area contributed by atoms with Gasteiger partial charge in [0, 0.05) is 19.9 Å². The highest BCUT2D eigenvalue weighted by Crippen LogP contribution is 1.98. The largest absolute Gasteiger partial charge is 0.354 e. The third-order valence-electron chi connectivity index (χ3n) is 2.42. The van der Waals surface area contributed by atoms with E-state index in [1.54, 1.807) is 6.92 Å². The van der Waals surface area contributed by atoms with Crippen molar-refractivity contribution in [3.8, 4) is 0 Å². The van der Waals surface area contributed by atoms with Crippen molar-refractivity contribution in [1.29, 1.82) is 0 Å². The van der Waals surface area contributed by atoms with E-state index in [0.717, 1.165) is 19.3 Å². The minimum absolute atomic E-state index is 0.112. The van der Waals surface area contributed by atoms with Crippen LogP contribution < -0.4 is 11.1 Å². The van der Waals surface area contributed by atoms with Crippen molar-refractivity contribution in [2.24, 2.45) is 5.73 Å². The van der Waals surface area contributed by atoms with E-state index in [1.807, 2.05) is 0 Å². The molecule has 0 saturated carbocycles. The number of aromatic nitrogens is 2. The lowest BCUT2D eigenvalue weighted by atomic mass is 10.1. The van der Waals surface area contributed by atoms with Gasteiger partial charge in [0.25, 0.3) is 0 Å². The van der Waals surface area contributed by atoms with Gasteiger partial charge in [-0.3, -0.25) is 4.79 Å². The number of rotatable bonds is 7. The molecule has 96 valence electrons. The molecular weight excluding hydrogens is 220 g/mol. The Hall–Kier alpha value is -1.43. The molecule has 0 aliphatic heterocycles. The summed E-state index contributed by atoms with van der Waals surface area (Å²) in [5, 5.41) is 6.50. The van der Waals surface area contributed by atoms with Crippen LogP contribution in [-0.2, 0) is 11.2 Å². The average Bonchev–Trinajstić information content (AvgIpc) is 2.71. The van der Waals surface area contributed by atoms with E-state index >= 15 is 0 Å². The molecule has 0 aliphatic carbocycles. The van der Waals surface area contributed by atoms with Crippen molar-refractivity contribution >= 4 is 5.91 Å². The summed E-state index contributed by atoms with van der Waals surface area (Å²) < 4.78 is 4.82. The number of nitrogens with zero attached hydrogens (tertiary/aromatic N) is 2. The van der Waals surface area contributed by atoms with Crippen LogP contribution in [0.3, 0.4) is 0 Å². The van der Waals surface area contributed by atoms with E-state index in [4.69, 9.17) is 10.3 Å². The highest BCUT2D eigenvalue weighted by molar-refractivity contribution is 5.81. The summed E-state index contributed by atoms with van der Waals surface area (Å²) in [5.74, 6) is 1.02. The molecule has 1 atom stereocenters. The Balaban J connectivity index is 2.19. The molecule has 0 fully saturated rings. The van der Waals surface area contributed by atoms with Gasteiger partial charge in [-0.25, -0.2) is 0 Å². The fourth-order valence-corrected chi connectivity index (χ4v) is 1.43. The predicted molar refractivity (Wildman–Crippen MR) is 63.2 cm³/mol. The molecule has 1 aromatic rings. The van der Waals surface area contributed by atoms with Crippen LogP contribution in [0.2, 0.25) is 0 Å². The molecule has 1 aromatic heterocycles. The molecule has 0 radical (unpaired) electrons. The number of carbonyl (C=O) groups is 1. The molecule has 3 N–H and O–H groups in total. The maximum atomic E-state index is 11.5. The SMILES string of the molecule is CCCC[C@H](N)C(=O)NCCc1noc(C)n1. The van der Waals surface area contributed by atoms with Gasteiger partial charge in [0.1, 0.15) is 0 Å². The van der Waals surface area contributed by atoms with Crippen LogP contribution in [0.4, 0.5) is 0 Å². The molecule has 0 aliphatic rings. The summed E-state index contributed by atoms with van der Waals surface area (Å²) in [7, 11) is 0. The molecule has 1 amide bonds. The van der Waals surface area contributed by atoms with Gasteiger partial charge in [-0.2, -0.15) is 4.98 Å². The quantitative estimate of drug-likeness (QED) is 0.726. The zero-order valence-corrected chi connectivity index (χ0v) is 10.4. The smallest absolute Gasteiger partial charge is 0.236 e. The third kappa shape index (κ3) is 4.95. The minimum atomic E-state index is -0.415. The fraction of sp³-hybridized carbons (Fsp3) is 0.727. The molecule has 0 saturated heterocycles. The summed E-state index contributed by atoms with van der Waals surface area (Å²) >= 11 is 0. The topological polar surface area (TPSA) is 94.0 Å². The number of nitrogens with one attached hydrogen (secondary N) is 1. The summed E-state index contributed by atoms with van der Waals surface area (Å²) in [6, 6.07) is -0.415. The lowest BCUT2D eigenvalue weighted by Gasteiger charge is -2.10. The number of aryl methyl sites for hydroxylation is 1. The van der Waals surface area contributed by atoms with Crippen molar-refractivity contribution < 1.29 is 9.32 Å². The number of carbonyl (C=O) groups excluding carboxylic acids is 1.